The molecule has 1 saturated heterocycles. The zero-order chi connectivity index (χ0) is 13.9. The van der Waals surface area contributed by atoms with Crippen LogP contribution < -0.4 is 5.73 Å². The molecule has 0 aliphatic carbocycles. The lowest BCUT2D eigenvalue weighted by Gasteiger charge is -2.26. The first-order chi connectivity index (χ1) is 8.99. The van der Waals surface area contributed by atoms with E-state index >= 15 is 0 Å². The molecule has 1 heterocycles. The highest BCUT2D eigenvalue weighted by Gasteiger charge is 2.29. The quantitative estimate of drug-likeness (QED) is 0.862. The number of nitrogens with two attached hydrogens (primary N) is 1. The van der Waals surface area contributed by atoms with Crippen LogP contribution in [0.3, 0.4) is 0 Å². The highest BCUT2D eigenvalue weighted by atomic mass is 32.2. The Balaban J connectivity index is 2.07. The second-order valence-corrected chi connectivity index (χ2v) is 5.75. The fourth-order valence-electron chi connectivity index (χ4n) is 2.44. The number of halogens is 3. The van der Waals surface area contributed by atoms with Gasteiger partial charge in [-0.1, -0.05) is 12.1 Å². The molecule has 1 unspecified atom stereocenters. The Hall–Kier alpha value is -0.720. The number of thioether (sulfide) groups is 1. The van der Waals surface area contributed by atoms with Crippen LogP contribution >= 0.6 is 11.8 Å². The third kappa shape index (κ3) is 4.12. The SMILES string of the molecule is NCC(c1ccc(SC(F)(F)F)cc1)N1CCCC1. The normalized spacial score (nSPS) is 18.7. The molecule has 1 fully saturated rings. The van der Waals surface area contributed by atoms with Crippen molar-refractivity contribution >= 4 is 11.8 Å². The zero-order valence-electron chi connectivity index (χ0n) is 10.5. The molecule has 1 aliphatic rings. The molecule has 0 bridgehead atoms. The molecule has 6 heteroatoms. The molecule has 1 atom stereocenters. The van der Waals surface area contributed by atoms with Crippen molar-refractivity contribution in [2.24, 2.45) is 5.73 Å². The smallest absolute Gasteiger partial charge is 0.329 e. The Morgan fingerprint density at radius 3 is 2.21 bits per heavy atom. The predicted octanol–water partition coefficient (Wildman–Crippen LogP) is 3.39. The molecule has 2 nitrogen and oxygen atoms in total. The molecule has 1 aromatic carbocycles. The van der Waals surface area contributed by atoms with Crippen molar-refractivity contribution in [3.05, 3.63) is 29.8 Å². The van der Waals surface area contributed by atoms with E-state index in [4.69, 9.17) is 5.73 Å². The van der Waals surface area contributed by atoms with E-state index in [1.54, 1.807) is 12.1 Å². The van der Waals surface area contributed by atoms with Crippen molar-refractivity contribution in [2.75, 3.05) is 19.6 Å². The van der Waals surface area contributed by atoms with Gasteiger partial charge in [-0.15, -0.1) is 0 Å². The van der Waals surface area contributed by atoms with E-state index in [1.807, 2.05) is 0 Å². The van der Waals surface area contributed by atoms with Crippen molar-refractivity contribution in [3.8, 4) is 0 Å². The number of rotatable bonds is 4. The summed E-state index contributed by atoms with van der Waals surface area (Å²) < 4.78 is 36.7. The van der Waals surface area contributed by atoms with Gasteiger partial charge in [-0.3, -0.25) is 4.90 Å². The number of nitrogens with zero attached hydrogens (tertiary/aromatic N) is 1. The number of hydrogen-bond donors (Lipinski definition) is 1. The summed E-state index contributed by atoms with van der Waals surface area (Å²) in [6, 6.07) is 6.67. The number of alkyl halides is 3. The van der Waals surface area contributed by atoms with Crippen LogP contribution in [-0.4, -0.2) is 30.0 Å². The van der Waals surface area contributed by atoms with Gasteiger partial charge in [-0.2, -0.15) is 13.2 Å². The van der Waals surface area contributed by atoms with Crippen LogP contribution in [0.25, 0.3) is 0 Å². The first-order valence-corrected chi connectivity index (χ1v) is 7.11. The minimum atomic E-state index is -4.23. The summed E-state index contributed by atoms with van der Waals surface area (Å²) >= 11 is -0.0838. The van der Waals surface area contributed by atoms with Gasteiger partial charge < -0.3 is 5.73 Å². The minimum absolute atomic E-state index is 0.0838. The second-order valence-electron chi connectivity index (χ2n) is 4.61. The van der Waals surface area contributed by atoms with E-state index < -0.39 is 5.51 Å². The monoisotopic (exact) mass is 290 g/mol. The summed E-state index contributed by atoms with van der Waals surface area (Å²) in [4.78, 5) is 2.51. The zero-order valence-corrected chi connectivity index (χ0v) is 11.3. The Kier molecular flexibility index (Phi) is 4.76. The van der Waals surface area contributed by atoms with Gasteiger partial charge in [0, 0.05) is 17.5 Å². The van der Waals surface area contributed by atoms with Gasteiger partial charge in [0.05, 0.1) is 0 Å². The van der Waals surface area contributed by atoms with Crippen molar-refractivity contribution in [1.29, 1.82) is 0 Å². The van der Waals surface area contributed by atoms with Crippen LogP contribution in [0.4, 0.5) is 13.2 Å². The minimum Gasteiger partial charge on any atom is -0.329 e. The first-order valence-electron chi connectivity index (χ1n) is 6.29. The molecule has 19 heavy (non-hydrogen) atoms. The summed E-state index contributed by atoms with van der Waals surface area (Å²) in [5.74, 6) is 0. The Morgan fingerprint density at radius 1 is 1.16 bits per heavy atom. The van der Waals surface area contributed by atoms with Gasteiger partial charge in [0.25, 0.3) is 0 Å². The summed E-state index contributed by atoms with van der Waals surface area (Å²) in [5, 5.41) is 0. The van der Waals surface area contributed by atoms with Crippen molar-refractivity contribution in [2.45, 2.75) is 29.3 Å². The van der Waals surface area contributed by atoms with Crippen LogP contribution in [0.5, 0.6) is 0 Å². The third-order valence-corrected chi connectivity index (χ3v) is 4.04. The molecule has 106 valence electrons. The van der Waals surface area contributed by atoms with E-state index in [0.29, 0.717) is 6.54 Å². The maximum Gasteiger partial charge on any atom is 0.446 e. The largest absolute Gasteiger partial charge is 0.446 e. The van der Waals surface area contributed by atoms with Crippen LogP contribution in [0, 0.1) is 0 Å². The molecular weight excluding hydrogens is 273 g/mol. The maximum absolute atomic E-state index is 12.2. The molecule has 0 saturated carbocycles. The Morgan fingerprint density at radius 2 is 1.74 bits per heavy atom. The molecule has 0 radical (unpaired) electrons. The standard InChI is InChI=1S/C13H17F3N2S/c14-13(15,16)19-11-5-3-10(4-6-11)12(9-17)18-7-1-2-8-18/h3-6,12H,1-2,7-9,17H2. The molecule has 1 aliphatic heterocycles. The van der Waals surface area contributed by atoms with Gasteiger partial charge >= 0.3 is 5.51 Å². The second kappa shape index (κ2) is 6.15. The van der Waals surface area contributed by atoms with Crippen LogP contribution in [0.2, 0.25) is 0 Å². The number of likely N-dealkylation sites (tertiary alicyclic amines) is 1. The first kappa shape index (κ1) is 14.7. The van der Waals surface area contributed by atoms with Gasteiger partial charge in [0.1, 0.15) is 0 Å². The van der Waals surface area contributed by atoms with Gasteiger partial charge in [0.15, 0.2) is 0 Å². The Labute approximate surface area is 115 Å². The van der Waals surface area contributed by atoms with E-state index in [2.05, 4.69) is 4.90 Å². The predicted molar refractivity (Wildman–Crippen MR) is 71.0 cm³/mol. The van der Waals surface area contributed by atoms with E-state index in [9.17, 15) is 13.2 Å². The number of hydrogen-bond acceptors (Lipinski definition) is 3. The molecule has 0 spiro atoms. The number of benzene rings is 1. The van der Waals surface area contributed by atoms with Crippen molar-refractivity contribution < 1.29 is 13.2 Å². The van der Waals surface area contributed by atoms with Gasteiger partial charge in [-0.25, -0.2) is 0 Å². The Bertz CT molecular complexity index is 399. The van der Waals surface area contributed by atoms with Crippen LogP contribution in [-0.2, 0) is 0 Å². The van der Waals surface area contributed by atoms with E-state index in [1.165, 1.54) is 25.0 Å². The average molecular weight is 290 g/mol. The fraction of sp³-hybridized carbons (Fsp3) is 0.538. The molecular formula is C13H17F3N2S. The van der Waals surface area contributed by atoms with E-state index in [0.717, 1.165) is 18.7 Å². The lowest BCUT2D eigenvalue weighted by molar-refractivity contribution is -0.0328. The summed E-state index contributed by atoms with van der Waals surface area (Å²) in [7, 11) is 0. The molecule has 2 rings (SSSR count). The molecule has 2 N–H and O–H groups in total. The van der Waals surface area contributed by atoms with E-state index in [-0.39, 0.29) is 22.7 Å². The summed E-state index contributed by atoms with van der Waals surface area (Å²) in [6.07, 6.45) is 2.33. The highest BCUT2D eigenvalue weighted by Crippen LogP contribution is 2.37. The lowest BCUT2D eigenvalue weighted by Crippen LogP contribution is -2.31. The molecule has 1 aromatic rings. The third-order valence-electron chi connectivity index (χ3n) is 3.30. The molecule has 0 amide bonds. The topological polar surface area (TPSA) is 29.3 Å². The van der Waals surface area contributed by atoms with Gasteiger partial charge in [0.2, 0.25) is 0 Å². The van der Waals surface area contributed by atoms with Crippen molar-refractivity contribution in [3.63, 3.8) is 0 Å². The summed E-state index contributed by atoms with van der Waals surface area (Å²) in [6.45, 7) is 2.52. The average Bonchev–Trinajstić information content (AvgIpc) is 2.84. The van der Waals surface area contributed by atoms with Gasteiger partial charge in [-0.05, 0) is 55.4 Å². The fourth-order valence-corrected chi connectivity index (χ4v) is 2.98. The van der Waals surface area contributed by atoms with Crippen molar-refractivity contribution in [1.82, 2.24) is 4.90 Å². The van der Waals surface area contributed by atoms with Crippen LogP contribution in [0.15, 0.2) is 29.2 Å². The maximum atomic E-state index is 12.2. The molecule has 0 aromatic heterocycles. The van der Waals surface area contributed by atoms with Crippen LogP contribution in [0.1, 0.15) is 24.4 Å². The lowest BCUT2D eigenvalue weighted by atomic mass is 10.1. The summed E-state index contributed by atoms with van der Waals surface area (Å²) in [5.41, 5.74) is 2.56. The highest BCUT2D eigenvalue weighted by molar-refractivity contribution is 8.00.